The largest absolute Gasteiger partial charge is 0.207 e. The van der Waals surface area contributed by atoms with Gasteiger partial charge in [0.25, 0.3) is 0 Å². The molecule has 1 aliphatic rings. The van der Waals surface area contributed by atoms with Gasteiger partial charge in [0.2, 0.25) is 0 Å². The lowest BCUT2D eigenvalue weighted by molar-refractivity contribution is 0.333. The summed E-state index contributed by atoms with van der Waals surface area (Å²) >= 11 is 0. The minimum absolute atomic E-state index is 0.326. The SMILES string of the molecule is N#CC1(Cc2cc(F)ccc2F)CCCCCC1. The van der Waals surface area contributed by atoms with Crippen molar-refractivity contribution in [1.29, 1.82) is 5.26 Å². The molecule has 0 saturated heterocycles. The van der Waals surface area contributed by atoms with Gasteiger partial charge in [-0.15, -0.1) is 0 Å². The van der Waals surface area contributed by atoms with Gasteiger partial charge in [0.05, 0.1) is 11.5 Å². The highest BCUT2D eigenvalue weighted by atomic mass is 19.1. The maximum atomic E-state index is 13.7. The van der Waals surface area contributed by atoms with Gasteiger partial charge in [-0.05, 0) is 43.0 Å². The quantitative estimate of drug-likeness (QED) is 0.714. The van der Waals surface area contributed by atoms with Crippen LogP contribution in [0.25, 0.3) is 0 Å². The number of hydrogen-bond acceptors (Lipinski definition) is 1. The second kappa shape index (κ2) is 5.48. The van der Waals surface area contributed by atoms with Crippen molar-refractivity contribution in [3.05, 3.63) is 35.4 Å². The van der Waals surface area contributed by atoms with Gasteiger partial charge in [0.15, 0.2) is 0 Å². The molecule has 0 N–H and O–H groups in total. The summed E-state index contributed by atoms with van der Waals surface area (Å²) in [6, 6.07) is 5.85. The Hall–Kier alpha value is -1.43. The van der Waals surface area contributed by atoms with E-state index in [4.69, 9.17) is 0 Å². The molecule has 1 fully saturated rings. The molecule has 0 aromatic heterocycles. The van der Waals surface area contributed by atoms with Crippen LogP contribution in [0, 0.1) is 28.4 Å². The molecule has 2 rings (SSSR count). The van der Waals surface area contributed by atoms with Crippen LogP contribution in [0.3, 0.4) is 0 Å². The van der Waals surface area contributed by atoms with Gasteiger partial charge in [0.1, 0.15) is 11.6 Å². The molecule has 1 aliphatic carbocycles. The van der Waals surface area contributed by atoms with E-state index >= 15 is 0 Å². The molecule has 18 heavy (non-hydrogen) atoms. The van der Waals surface area contributed by atoms with E-state index in [1.54, 1.807) is 0 Å². The van der Waals surface area contributed by atoms with Gasteiger partial charge in [-0.25, -0.2) is 8.78 Å². The number of hydrogen-bond donors (Lipinski definition) is 0. The first-order valence-corrected chi connectivity index (χ1v) is 6.50. The Morgan fingerprint density at radius 1 is 1.11 bits per heavy atom. The van der Waals surface area contributed by atoms with E-state index in [0.717, 1.165) is 50.7 Å². The molecule has 0 atom stereocenters. The summed E-state index contributed by atoms with van der Waals surface area (Å²) in [4.78, 5) is 0. The van der Waals surface area contributed by atoms with Crippen molar-refractivity contribution in [2.45, 2.75) is 44.9 Å². The maximum Gasteiger partial charge on any atom is 0.126 e. The molecule has 0 amide bonds. The first-order chi connectivity index (χ1) is 8.65. The summed E-state index contributed by atoms with van der Waals surface area (Å²) in [6.45, 7) is 0. The summed E-state index contributed by atoms with van der Waals surface area (Å²) in [5.41, 5.74) is -0.177. The first-order valence-electron chi connectivity index (χ1n) is 6.50. The van der Waals surface area contributed by atoms with E-state index in [2.05, 4.69) is 6.07 Å². The molecule has 0 aliphatic heterocycles. The molecule has 1 aromatic carbocycles. The van der Waals surface area contributed by atoms with Gasteiger partial charge in [0, 0.05) is 0 Å². The highest BCUT2D eigenvalue weighted by Crippen LogP contribution is 2.38. The third-order valence-electron chi connectivity index (χ3n) is 3.83. The predicted molar refractivity (Wildman–Crippen MR) is 65.8 cm³/mol. The average Bonchev–Trinajstić information content (AvgIpc) is 2.60. The molecule has 1 saturated carbocycles. The normalized spacial score (nSPS) is 18.9. The van der Waals surface area contributed by atoms with Crippen LogP contribution in [0.1, 0.15) is 44.1 Å². The van der Waals surface area contributed by atoms with Crippen molar-refractivity contribution in [2.24, 2.45) is 5.41 Å². The van der Waals surface area contributed by atoms with Crippen LogP contribution >= 0.6 is 0 Å². The van der Waals surface area contributed by atoms with Crippen LogP contribution < -0.4 is 0 Å². The van der Waals surface area contributed by atoms with Gasteiger partial charge in [-0.3, -0.25) is 0 Å². The lowest BCUT2D eigenvalue weighted by Gasteiger charge is -2.25. The minimum Gasteiger partial charge on any atom is -0.207 e. The topological polar surface area (TPSA) is 23.8 Å². The smallest absolute Gasteiger partial charge is 0.126 e. The number of rotatable bonds is 2. The Labute approximate surface area is 106 Å². The molecular formula is C15H17F2N. The van der Waals surface area contributed by atoms with Gasteiger partial charge in [-0.1, -0.05) is 25.7 Å². The van der Waals surface area contributed by atoms with Crippen molar-refractivity contribution in [2.75, 3.05) is 0 Å². The second-order valence-corrected chi connectivity index (χ2v) is 5.22. The number of nitrogens with zero attached hydrogens (tertiary/aromatic N) is 1. The number of nitriles is 1. The molecule has 3 heteroatoms. The zero-order chi connectivity index (χ0) is 13.0. The van der Waals surface area contributed by atoms with E-state index in [9.17, 15) is 14.0 Å². The first kappa shape index (κ1) is 13.0. The molecular weight excluding hydrogens is 232 g/mol. The van der Waals surface area contributed by atoms with Crippen LogP contribution in [0.15, 0.2) is 18.2 Å². The fraction of sp³-hybridized carbons (Fsp3) is 0.533. The Bertz CT molecular complexity index is 454. The molecule has 96 valence electrons. The third kappa shape index (κ3) is 2.87. The average molecular weight is 249 g/mol. The Balaban J connectivity index is 2.24. The lowest BCUT2D eigenvalue weighted by atomic mass is 9.76. The molecule has 0 heterocycles. The Kier molecular flexibility index (Phi) is 3.96. The summed E-state index contributed by atoms with van der Waals surface area (Å²) in [6.07, 6.45) is 6.19. The molecule has 1 aromatic rings. The van der Waals surface area contributed by atoms with E-state index in [1.165, 1.54) is 6.07 Å². The standard InChI is InChI=1S/C15H17F2N/c16-13-5-6-14(17)12(9-13)10-15(11-18)7-3-1-2-4-8-15/h5-6,9H,1-4,7-8,10H2. The Morgan fingerprint density at radius 3 is 2.39 bits per heavy atom. The van der Waals surface area contributed by atoms with E-state index in [1.807, 2.05) is 0 Å². The van der Waals surface area contributed by atoms with Gasteiger partial charge >= 0.3 is 0 Å². The van der Waals surface area contributed by atoms with Gasteiger partial charge < -0.3 is 0 Å². The molecule has 0 spiro atoms. The molecule has 0 unspecified atom stereocenters. The van der Waals surface area contributed by atoms with Crippen LogP contribution in [0.2, 0.25) is 0 Å². The molecule has 0 radical (unpaired) electrons. The van der Waals surface area contributed by atoms with E-state index in [0.29, 0.717) is 12.0 Å². The highest BCUT2D eigenvalue weighted by Gasteiger charge is 2.32. The summed E-state index contributed by atoms with van der Waals surface area (Å²) in [5, 5.41) is 9.42. The summed E-state index contributed by atoms with van der Waals surface area (Å²) in [5.74, 6) is -0.844. The minimum atomic E-state index is -0.509. The predicted octanol–water partition coefficient (Wildman–Crippen LogP) is 4.37. The van der Waals surface area contributed by atoms with E-state index in [-0.39, 0.29) is 0 Å². The van der Waals surface area contributed by atoms with Crippen molar-refractivity contribution in [3.8, 4) is 6.07 Å². The van der Waals surface area contributed by atoms with Crippen molar-refractivity contribution in [1.82, 2.24) is 0 Å². The van der Waals surface area contributed by atoms with Crippen molar-refractivity contribution in [3.63, 3.8) is 0 Å². The zero-order valence-electron chi connectivity index (χ0n) is 10.4. The fourth-order valence-electron chi connectivity index (χ4n) is 2.78. The van der Waals surface area contributed by atoms with Crippen LogP contribution in [-0.2, 0) is 6.42 Å². The fourth-order valence-corrected chi connectivity index (χ4v) is 2.78. The molecule has 1 nitrogen and oxygen atoms in total. The summed E-state index contributed by atoms with van der Waals surface area (Å²) in [7, 11) is 0. The monoisotopic (exact) mass is 249 g/mol. The Morgan fingerprint density at radius 2 is 1.78 bits per heavy atom. The summed E-state index contributed by atoms with van der Waals surface area (Å²) < 4.78 is 26.8. The van der Waals surface area contributed by atoms with Crippen LogP contribution in [0.4, 0.5) is 8.78 Å². The number of halogens is 2. The van der Waals surface area contributed by atoms with Gasteiger partial charge in [-0.2, -0.15) is 5.26 Å². The van der Waals surface area contributed by atoms with Crippen molar-refractivity contribution < 1.29 is 8.78 Å². The number of benzene rings is 1. The van der Waals surface area contributed by atoms with Crippen LogP contribution in [0.5, 0.6) is 0 Å². The maximum absolute atomic E-state index is 13.7. The third-order valence-corrected chi connectivity index (χ3v) is 3.83. The highest BCUT2D eigenvalue weighted by molar-refractivity contribution is 5.22. The lowest BCUT2D eigenvalue weighted by Crippen LogP contribution is -2.21. The second-order valence-electron chi connectivity index (χ2n) is 5.22. The molecule has 0 bridgehead atoms. The van der Waals surface area contributed by atoms with Crippen molar-refractivity contribution >= 4 is 0 Å². The zero-order valence-corrected chi connectivity index (χ0v) is 10.4. The van der Waals surface area contributed by atoms with Crippen LogP contribution in [-0.4, -0.2) is 0 Å². The van der Waals surface area contributed by atoms with E-state index < -0.39 is 17.0 Å².